The lowest BCUT2D eigenvalue weighted by molar-refractivity contribution is -0.123. The van der Waals surface area contributed by atoms with E-state index >= 15 is 0 Å². The molecule has 0 N–H and O–H groups in total. The van der Waals surface area contributed by atoms with E-state index in [2.05, 4.69) is 4.98 Å². The first-order chi connectivity index (χ1) is 18.7. The zero-order valence-corrected chi connectivity index (χ0v) is 21.5. The molecule has 2 amide bonds. The summed E-state index contributed by atoms with van der Waals surface area (Å²) in [4.78, 5) is 45.6. The number of nitrogens with zero attached hydrogens (tertiary/aromatic N) is 3. The molecule has 1 aromatic heterocycles. The normalized spacial score (nSPS) is 17.4. The van der Waals surface area contributed by atoms with Crippen LogP contribution in [0.1, 0.15) is 42.6 Å². The fourth-order valence-electron chi connectivity index (χ4n) is 4.57. The molecule has 39 heavy (non-hydrogen) atoms. The highest BCUT2D eigenvalue weighted by Gasteiger charge is 2.36. The minimum absolute atomic E-state index is 0.0327. The maximum absolute atomic E-state index is 13.8. The fraction of sp³-hybridized carbons (Fsp3) is 0.310. The van der Waals surface area contributed by atoms with Gasteiger partial charge in [0.25, 0.3) is 11.8 Å². The van der Waals surface area contributed by atoms with Gasteiger partial charge in [-0.1, -0.05) is 19.9 Å². The van der Waals surface area contributed by atoms with Gasteiger partial charge in [-0.3, -0.25) is 14.4 Å². The van der Waals surface area contributed by atoms with E-state index in [1.54, 1.807) is 28.0 Å². The molecule has 10 heteroatoms. The maximum Gasteiger partial charge on any atom is 0.268 e. The Morgan fingerprint density at radius 1 is 1.13 bits per heavy atom. The van der Waals surface area contributed by atoms with Crippen molar-refractivity contribution in [2.24, 2.45) is 5.92 Å². The van der Waals surface area contributed by atoms with Crippen molar-refractivity contribution in [1.29, 1.82) is 0 Å². The van der Waals surface area contributed by atoms with Crippen LogP contribution in [0.15, 0.2) is 54.7 Å². The van der Waals surface area contributed by atoms with Gasteiger partial charge in [0.05, 0.1) is 12.7 Å². The summed E-state index contributed by atoms with van der Waals surface area (Å²) in [7, 11) is 0. The predicted octanol–water partition coefficient (Wildman–Crippen LogP) is 4.91. The van der Waals surface area contributed by atoms with Crippen LogP contribution in [0, 0.1) is 17.6 Å². The van der Waals surface area contributed by atoms with Crippen LogP contribution in [0.2, 0.25) is 0 Å². The largest absolute Gasteiger partial charge is 0.479 e. The molecule has 2 aliphatic heterocycles. The Balaban J connectivity index is 1.21. The number of halogens is 2. The van der Waals surface area contributed by atoms with Gasteiger partial charge in [-0.25, -0.2) is 13.8 Å². The van der Waals surface area contributed by atoms with Gasteiger partial charge in [0, 0.05) is 48.8 Å². The third-order valence-corrected chi connectivity index (χ3v) is 7.05. The number of benzene rings is 2. The highest BCUT2D eigenvalue weighted by Crippen LogP contribution is 2.31. The zero-order chi connectivity index (χ0) is 27.7. The minimum Gasteiger partial charge on any atom is -0.479 e. The van der Waals surface area contributed by atoms with Crippen molar-refractivity contribution in [3.05, 3.63) is 77.5 Å². The van der Waals surface area contributed by atoms with Gasteiger partial charge in [0.2, 0.25) is 5.88 Å². The van der Waals surface area contributed by atoms with E-state index in [0.717, 1.165) is 18.1 Å². The van der Waals surface area contributed by atoms with Gasteiger partial charge in [0.15, 0.2) is 23.5 Å². The average Bonchev–Trinajstić information content (AvgIpc) is 3.44. The Bertz CT molecular complexity index is 1430. The van der Waals surface area contributed by atoms with Crippen molar-refractivity contribution in [2.45, 2.75) is 39.3 Å². The molecular weight excluding hydrogens is 508 g/mol. The quantitative estimate of drug-likeness (QED) is 0.387. The van der Waals surface area contributed by atoms with Crippen molar-refractivity contribution >= 4 is 23.3 Å². The standard InChI is InChI=1S/C29H27F2N3O5/c1-3-17(2)24(35)16-33-15-18-4-6-20(13-22(18)28(33)36)34-11-10-26(29(34)37)38-21-7-9-27(32-14-21)39-25-8-5-19(30)12-23(25)31/h4-9,12-14,17,26H,3,10-11,15-16H2,1-2H3/t17?,26-/m1/s1. The molecule has 1 fully saturated rings. The van der Waals surface area contributed by atoms with Gasteiger partial charge < -0.3 is 19.3 Å². The molecule has 0 saturated carbocycles. The van der Waals surface area contributed by atoms with Crippen molar-refractivity contribution in [3.8, 4) is 17.4 Å². The molecule has 0 radical (unpaired) electrons. The topological polar surface area (TPSA) is 89.0 Å². The van der Waals surface area contributed by atoms with E-state index in [1.807, 2.05) is 19.9 Å². The lowest BCUT2D eigenvalue weighted by Crippen LogP contribution is -2.33. The number of fused-ring (bicyclic) bond motifs is 1. The number of amides is 2. The SMILES string of the molecule is CCC(C)C(=O)CN1Cc2ccc(N3CC[C@@H](Oc4ccc(Oc5ccc(F)cc5F)nc4)C3=O)cc2C1=O. The van der Waals surface area contributed by atoms with Crippen LogP contribution in [0.4, 0.5) is 14.5 Å². The predicted molar refractivity (Wildman–Crippen MR) is 138 cm³/mol. The summed E-state index contributed by atoms with van der Waals surface area (Å²) in [6.45, 7) is 4.66. The monoisotopic (exact) mass is 535 g/mol. The van der Waals surface area contributed by atoms with Crippen LogP contribution in [0.25, 0.3) is 0 Å². The maximum atomic E-state index is 13.8. The first-order valence-corrected chi connectivity index (χ1v) is 12.8. The number of Topliss-reactive ketones (excluding diaryl/α,β-unsaturated/α-hetero) is 1. The molecule has 2 atom stereocenters. The fourth-order valence-corrected chi connectivity index (χ4v) is 4.57. The zero-order valence-electron chi connectivity index (χ0n) is 21.5. The second kappa shape index (κ2) is 10.8. The number of aromatic nitrogens is 1. The Labute approximate surface area is 224 Å². The number of ether oxygens (including phenoxy) is 2. The summed E-state index contributed by atoms with van der Waals surface area (Å²) in [5.74, 6) is -1.86. The highest BCUT2D eigenvalue weighted by atomic mass is 19.1. The van der Waals surface area contributed by atoms with Crippen LogP contribution < -0.4 is 14.4 Å². The highest BCUT2D eigenvalue weighted by molar-refractivity contribution is 6.04. The van der Waals surface area contributed by atoms with Crippen LogP contribution in [-0.4, -0.2) is 46.7 Å². The van der Waals surface area contributed by atoms with Crippen LogP contribution in [0.3, 0.4) is 0 Å². The van der Waals surface area contributed by atoms with Crippen LogP contribution in [-0.2, 0) is 16.1 Å². The van der Waals surface area contributed by atoms with E-state index in [9.17, 15) is 23.2 Å². The third-order valence-electron chi connectivity index (χ3n) is 7.05. The Hall–Kier alpha value is -4.34. The summed E-state index contributed by atoms with van der Waals surface area (Å²) >= 11 is 0. The smallest absolute Gasteiger partial charge is 0.268 e. The van der Waals surface area contributed by atoms with Crippen molar-refractivity contribution in [1.82, 2.24) is 9.88 Å². The van der Waals surface area contributed by atoms with Crippen molar-refractivity contribution in [2.75, 3.05) is 18.0 Å². The van der Waals surface area contributed by atoms with Gasteiger partial charge in [-0.2, -0.15) is 0 Å². The minimum atomic E-state index is -0.852. The molecule has 3 aromatic rings. The Kier molecular flexibility index (Phi) is 7.28. The van der Waals surface area contributed by atoms with Gasteiger partial charge in [0.1, 0.15) is 11.6 Å². The van der Waals surface area contributed by atoms with Crippen LogP contribution in [0.5, 0.6) is 17.4 Å². The van der Waals surface area contributed by atoms with Gasteiger partial charge >= 0.3 is 0 Å². The van der Waals surface area contributed by atoms with E-state index in [1.165, 1.54) is 18.3 Å². The second-order valence-electron chi connectivity index (χ2n) is 9.67. The molecule has 0 aliphatic carbocycles. The molecule has 0 spiro atoms. The summed E-state index contributed by atoms with van der Waals surface area (Å²) in [5, 5.41) is 0. The first kappa shape index (κ1) is 26.3. The molecule has 3 heterocycles. The van der Waals surface area contributed by atoms with E-state index in [-0.39, 0.29) is 41.7 Å². The number of pyridine rings is 1. The summed E-state index contributed by atoms with van der Waals surface area (Å²) in [6, 6.07) is 11.3. The third kappa shape index (κ3) is 5.45. The molecule has 1 saturated heterocycles. The lowest BCUT2D eigenvalue weighted by Gasteiger charge is -2.18. The molecular formula is C29H27F2N3O5. The van der Waals surface area contributed by atoms with E-state index in [0.29, 0.717) is 42.6 Å². The number of rotatable bonds is 9. The molecule has 0 bridgehead atoms. The van der Waals surface area contributed by atoms with Crippen molar-refractivity contribution < 1.29 is 32.6 Å². The van der Waals surface area contributed by atoms with Gasteiger partial charge in [-0.05, 0) is 42.3 Å². The Morgan fingerprint density at radius 2 is 1.95 bits per heavy atom. The van der Waals surface area contributed by atoms with E-state index < -0.39 is 17.7 Å². The number of carbonyl (C=O) groups is 3. The Morgan fingerprint density at radius 3 is 2.67 bits per heavy atom. The summed E-state index contributed by atoms with van der Waals surface area (Å²) < 4.78 is 38.1. The molecule has 202 valence electrons. The summed E-state index contributed by atoms with van der Waals surface area (Å²) in [5.41, 5.74) is 1.92. The molecule has 2 aromatic carbocycles. The first-order valence-electron chi connectivity index (χ1n) is 12.8. The molecule has 8 nitrogen and oxygen atoms in total. The lowest BCUT2D eigenvalue weighted by atomic mass is 10.0. The van der Waals surface area contributed by atoms with E-state index in [4.69, 9.17) is 9.47 Å². The number of hydrogen-bond donors (Lipinski definition) is 0. The summed E-state index contributed by atoms with van der Waals surface area (Å²) in [6.07, 6.45) is 1.76. The second-order valence-corrected chi connectivity index (χ2v) is 9.67. The molecule has 1 unspecified atom stereocenters. The number of anilines is 1. The van der Waals surface area contributed by atoms with Gasteiger partial charge in [-0.15, -0.1) is 0 Å². The number of ketones is 1. The molecule has 2 aliphatic rings. The average molecular weight is 536 g/mol. The van der Waals surface area contributed by atoms with Crippen molar-refractivity contribution in [3.63, 3.8) is 0 Å². The number of hydrogen-bond acceptors (Lipinski definition) is 6. The number of carbonyl (C=O) groups excluding carboxylic acids is 3. The molecule has 5 rings (SSSR count). The van der Waals surface area contributed by atoms with Crippen LogP contribution >= 0.6 is 0 Å².